The molecule has 36 heavy (non-hydrogen) atoms. The summed E-state index contributed by atoms with van der Waals surface area (Å²) in [6, 6.07) is 14.6. The number of carbonyl (C=O) groups is 1. The molecule has 1 fully saturated rings. The topological polar surface area (TPSA) is 58.1 Å². The average Bonchev–Trinajstić information content (AvgIpc) is 2.87. The highest BCUT2D eigenvalue weighted by molar-refractivity contribution is 5.81. The minimum Gasteiger partial charge on any atom is -0.355 e. The van der Waals surface area contributed by atoms with Crippen molar-refractivity contribution in [3.63, 3.8) is 0 Å². The van der Waals surface area contributed by atoms with Crippen LogP contribution >= 0.6 is 0 Å². The van der Waals surface area contributed by atoms with Crippen LogP contribution in [-0.2, 0) is 11.0 Å². The number of carbonyl (C=O) groups excluding carboxylic acids is 1. The molecule has 0 aliphatic carbocycles. The number of halogens is 3. The number of piperidine rings is 1. The van der Waals surface area contributed by atoms with Crippen molar-refractivity contribution in [3.05, 3.63) is 66.4 Å². The van der Waals surface area contributed by atoms with Crippen molar-refractivity contribution in [1.29, 1.82) is 0 Å². The number of aromatic nitrogens is 2. The van der Waals surface area contributed by atoms with Crippen LogP contribution in [0.25, 0.3) is 22.5 Å². The van der Waals surface area contributed by atoms with Gasteiger partial charge in [-0.3, -0.25) is 9.78 Å². The van der Waals surface area contributed by atoms with E-state index in [0.29, 0.717) is 29.4 Å². The van der Waals surface area contributed by atoms with Gasteiger partial charge < -0.3 is 10.2 Å². The first-order valence-electron chi connectivity index (χ1n) is 12.2. The summed E-state index contributed by atoms with van der Waals surface area (Å²) in [5.41, 5.74) is 1.50. The molecule has 0 spiro atoms. The minimum atomic E-state index is -4.39. The Kier molecular flexibility index (Phi) is 7.33. The number of amides is 1. The van der Waals surface area contributed by atoms with Crippen LogP contribution in [0.2, 0.25) is 0 Å². The summed E-state index contributed by atoms with van der Waals surface area (Å²) in [6.07, 6.45) is -0.847. The minimum absolute atomic E-state index is 0.0576. The van der Waals surface area contributed by atoms with Gasteiger partial charge >= 0.3 is 6.18 Å². The van der Waals surface area contributed by atoms with E-state index in [4.69, 9.17) is 4.98 Å². The van der Waals surface area contributed by atoms with E-state index in [1.807, 2.05) is 51.1 Å². The maximum atomic E-state index is 13.0. The van der Waals surface area contributed by atoms with Gasteiger partial charge in [0.1, 0.15) is 5.82 Å². The number of hydrogen-bond donors (Lipinski definition) is 1. The first-order chi connectivity index (χ1) is 17.0. The largest absolute Gasteiger partial charge is 0.416 e. The Morgan fingerprint density at radius 1 is 0.944 bits per heavy atom. The molecule has 0 bridgehead atoms. The standard InChI is InChI=1S/C28H31F3N4O/c1-27(2,3)26(36)33-17-19-13-15-35(16-14-19)23-18-32-24(25(34-23)20-7-5-4-6-8-20)21-9-11-22(12-10-21)28(29,30)31/h4-12,18-19H,13-17H2,1-3H3,(H,33,36). The van der Waals surface area contributed by atoms with Crippen molar-refractivity contribution in [2.75, 3.05) is 24.5 Å². The molecule has 2 heterocycles. The third-order valence-corrected chi connectivity index (χ3v) is 6.46. The molecule has 1 amide bonds. The Balaban J connectivity index is 1.54. The second kappa shape index (κ2) is 10.3. The van der Waals surface area contributed by atoms with Gasteiger partial charge in [-0.05, 0) is 30.9 Å². The number of nitrogens with one attached hydrogen (secondary N) is 1. The van der Waals surface area contributed by atoms with Crippen LogP contribution < -0.4 is 10.2 Å². The van der Waals surface area contributed by atoms with Crippen molar-refractivity contribution < 1.29 is 18.0 Å². The van der Waals surface area contributed by atoms with Crippen molar-refractivity contribution in [2.45, 2.75) is 39.8 Å². The molecule has 5 nitrogen and oxygen atoms in total. The molecular weight excluding hydrogens is 465 g/mol. The smallest absolute Gasteiger partial charge is 0.355 e. The van der Waals surface area contributed by atoms with E-state index < -0.39 is 17.2 Å². The summed E-state index contributed by atoms with van der Waals surface area (Å²) in [6.45, 7) is 7.96. The molecule has 0 saturated carbocycles. The molecular formula is C28H31F3N4O. The van der Waals surface area contributed by atoms with Gasteiger partial charge in [-0.1, -0.05) is 63.2 Å². The molecule has 0 atom stereocenters. The van der Waals surface area contributed by atoms with Crippen LogP contribution in [0.5, 0.6) is 0 Å². The second-order valence-electron chi connectivity index (χ2n) is 10.3. The van der Waals surface area contributed by atoms with Gasteiger partial charge in [0.25, 0.3) is 0 Å². The van der Waals surface area contributed by atoms with Gasteiger partial charge in [0, 0.05) is 36.2 Å². The Bertz CT molecular complexity index is 1180. The van der Waals surface area contributed by atoms with Crippen LogP contribution in [0.15, 0.2) is 60.8 Å². The van der Waals surface area contributed by atoms with E-state index in [1.165, 1.54) is 12.1 Å². The lowest BCUT2D eigenvalue weighted by Gasteiger charge is -2.33. The first kappa shape index (κ1) is 25.7. The molecule has 1 aliphatic rings. The van der Waals surface area contributed by atoms with E-state index in [-0.39, 0.29) is 5.91 Å². The molecule has 1 saturated heterocycles. The van der Waals surface area contributed by atoms with Crippen molar-refractivity contribution in [1.82, 2.24) is 15.3 Å². The van der Waals surface area contributed by atoms with Crippen LogP contribution in [0.4, 0.5) is 19.0 Å². The maximum Gasteiger partial charge on any atom is 0.416 e. The van der Waals surface area contributed by atoms with Gasteiger partial charge in [0.15, 0.2) is 0 Å². The van der Waals surface area contributed by atoms with Crippen LogP contribution in [0, 0.1) is 11.3 Å². The lowest BCUT2D eigenvalue weighted by atomic mass is 9.93. The molecule has 2 aromatic carbocycles. The normalized spacial score (nSPS) is 15.1. The zero-order valence-corrected chi connectivity index (χ0v) is 20.8. The van der Waals surface area contributed by atoms with Crippen molar-refractivity contribution in [3.8, 4) is 22.5 Å². The fraction of sp³-hybridized carbons (Fsp3) is 0.393. The van der Waals surface area contributed by atoms with Gasteiger partial charge in [-0.15, -0.1) is 0 Å². The summed E-state index contributed by atoms with van der Waals surface area (Å²) in [4.78, 5) is 23.9. The molecule has 1 aromatic heterocycles. The molecule has 4 rings (SSSR count). The lowest BCUT2D eigenvalue weighted by molar-refractivity contribution is -0.137. The summed E-state index contributed by atoms with van der Waals surface area (Å²) in [5.74, 6) is 1.20. The highest BCUT2D eigenvalue weighted by Gasteiger charge is 2.30. The SMILES string of the molecule is CC(C)(C)C(=O)NCC1CCN(c2cnc(-c3ccc(C(F)(F)F)cc3)c(-c3ccccc3)n2)CC1. The number of hydrogen-bond acceptors (Lipinski definition) is 4. The van der Waals surface area contributed by atoms with Crippen LogP contribution in [-0.4, -0.2) is 35.5 Å². The van der Waals surface area contributed by atoms with Crippen molar-refractivity contribution >= 4 is 11.7 Å². The lowest BCUT2D eigenvalue weighted by Crippen LogP contribution is -2.42. The Morgan fingerprint density at radius 3 is 2.14 bits per heavy atom. The summed E-state index contributed by atoms with van der Waals surface area (Å²) in [5, 5.41) is 3.06. The predicted molar refractivity (Wildman–Crippen MR) is 135 cm³/mol. The molecule has 3 aromatic rings. The van der Waals surface area contributed by atoms with E-state index in [0.717, 1.165) is 49.4 Å². The van der Waals surface area contributed by atoms with E-state index >= 15 is 0 Å². The van der Waals surface area contributed by atoms with Crippen molar-refractivity contribution in [2.24, 2.45) is 11.3 Å². The van der Waals surface area contributed by atoms with E-state index in [2.05, 4.69) is 15.2 Å². The fourth-order valence-electron chi connectivity index (χ4n) is 4.23. The number of nitrogens with zero attached hydrogens (tertiary/aromatic N) is 3. The average molecular weight is 497 g/mol. The quantitative estimate of drug-likeness (QED) is 0.456. The summed E-state index contributed by atoms with van der Waals surface area (Å²) in [7, 11) is 0. The van der Waals surface area contributed by atoms with Gasteiger partial charge in [0.05, 0.1) is 23.1 Å². The zero-order valence-electron chi connectivity index (χ0n) is 20.8. The Hall–Kier alpha value is -3.42. The molecule has 190 valence electrons. The number of rotatable bonds is 5. The van der Waals surface area contributed by atoms with Gasteiger partial charge in [0.2, 0.25) is 5.91 Å². The summed E-state index contributed by atoms with van der Waals surface area (Å²) >= 11 is 0. The van der Waals surface area contributed by atoms with E-state index in [9.17, 15) is 18.0 Å². The predicted octanol–water partition coefficient (Wildman–Crippen LogP) is 6.21. The number of alkyl halides is 3. The highest BCUT2D eigenvalue weighted by atomic mass is 19.4. The van der Waals surface area contributed by atoms with E-state index in [1.54, 1.807) is 6.20 Å². The second-order valence-corrected chi connectivity index (χ2v) is 10.3. The molecule has 1 aliphatic heterocycles. The number of benzene rings is 2. The molecule has 0 unspecified atom stereocenters. The zero-order chi connectivity index (χ0) is 25.9. The Labute approximate surface area is 209 Å². The van der Waals surface area contributed by atoms with Gasteiger partial charge in [-0.2, -0.15) is 13.2 Å². The first-order valence-corrected chi connectivity index (χ1v) is 12.2. The fourth-order valence-corrected chi connectivity index (χ4v) is 4.23. The maximum absolute atomic E-state index is 13.0. The monoisotopic (exact) mass is 496 g/mol. The van der Waals surface area contributed by atoms with Gasteiger partial charge in [-0.25, -0.2) is 4.98 Å². The number of anilines is 1. The van der Waals surface area contributed by atoms with Crippen LogP contribution in [0.3, 0.4) is 0 Å². The highest BCUT2D eigenvalue weighted by Crippen LogP contribution is 2.34. The van der Waals surface area contributed by atoms with Crippen LogP contribution in [0.1, 0.15) is 39.2 Å². The third kappa shape index (κ3) is 6.04. The molecule has 0 radical (unpaired) electrons. The summed E-state index contributed by atoms with van der Waals surface area (Å²) < 4.78 is 39.1. The molecule has 8 heteroatoms. The third-order valence-electron chi connectivity index (χ3n) is 6.46. The molecule has 1 N–H and O–H groups in total. The Morgan fingerprint density at radius 2 is 1.56 bits per heavy atom.